The lowest BCUT2D eigenvalue weighted by atomic mass is 10.2. The first-order valence-corrected chi connectivity index (χ1v) is 8.18. The molecule has 140 valence electrons. The molecule has 0 spiro atoms. The van der Waals surface area contributed by atoms with Crippen molar-refractivity contribution in [1.82, 2.24) is 5.43 Å². The number of benzene rings is 2. The third-order valence-electron chi connectivity index (χ3n) is 4.16. The molecule has 0 aliphatic carbocycles. The number of urea groups is 1. The highest BCUT2D eigenvalue weighted by Crippen LogP contribution is 2.43. The van der Waals surface area contributed by atoms with Crippen molar-refractivity contribution in [3.63, 3.8) is 0 Å². The molecule has 0 atom stereocenters. The number of hydrazone groups is 1. The summed E-state index contributed by atoms with van der Waals surface area (Å²) in [5.74, 6) is 0.540. The van der Waals surface area contributed by atoms with Gasteiger partial charge in [-0.15, -0.1) is 0 Å². The molecule has 9 heteroatoms. The Kier molecular flexibility index (Phi) is 4.78. The van der Waals surface area contributed by atoms with Crippen LogP contribution in [0.15, 0.2) is 47.6 Å². The smallest absolute Gasteiger partial charge is 0.332 e. The molecule has 0 saturated heterocycles. The fourth-order valence-corrected chi connectivity index (χ4v) is 2.71. The molecular weight excluding hydrogens is 350 g/mol. The number of primary amides is 1. The highest BCUT2D eigenvalue weighted by molar-refractivity contribution is 5.84. The van der Waals surface area contributed by atoms with E-state index in [2.05, 4.69) is 10.5 Å². The number of rotatable bonds is 5. The fourth-order valence-electron chi connectivity index (χ4n) is 2.71. The molecule has 1 aliphatic heterocycles. The van der Waals surface area contributed by atoms with Gasteiger partial charge in [0, 0.05) is 30.4 Å². The molecule has 9 nitrogen and oxygen atoms in total. The Bertz CT molecular complexity index is 926. The summed E-state index contributed by atoms with van der Waals surface area (Å²) in [6, 6.07) is 11.4. The summed E-state index contributed by atoms with van der Waals surface area (Å²) in [5.41, 5.74) is 7.93. The number of hydroxylamine groups is 1. The molecule has 0 radical (unpaired) electrons. The van der Waals surface area contributed by atoms with Gasteiger partial charge in [-0.1, -0.05) is 12.1 Å². The Morgan fingerprint density at radius 1 is 1.37 bits per heavy atom. The van der Waals surface area contributed by atoms with Gasteiger partial charge in [0.2, 0.25) is 0 Å². The monoisotopic (exact) mass is 369 g/mol. The van der Waals surface area contributed by atoms with Gasteiger partial charge in [-0.3, -0.25) is 0 Å². The summed E-state index contributed by atoms with van der Waals surface area (Å²) < 4.78 is 6.51. The van der Waals surface area contributed by atoms with Crippen LogP contribution in [0.5, 0.6) is 5.75 Å². The van der Waals surface area contributed by atoms with Gasteiger partial charge in [0.15, 0.2) is 0 Å². The number of hydrogen-bond acceptors (Lipinski definition) is 6. The summed E-state index contributed by atoms with van der Waals surface area (Å²) in [6.07, 6.45) is 1.42. The zero-order valence-corrected chi connectivity index (χ0v) is 14.9. The lowest BCUT2D eigenvalue weighted by molar-refractivity contribution is -0.532. The normalized spacial score (nSPS) is 15.1. The highest BCUT2D eigenvalue weighted by atomic mass is 16.5. The van der Waals surface area contributed by atoms with E-state index >= 15 is 0 Å². The quantitative estimate of drug-likeness (QED) is 0.476. The number of nitrogens with zero attached hydrogens (tertiary/aromatic N) is 3. The average molecular weight is 369 g/mol. The predicted molar refractivity (Wildman–Crippen MR) is 101 cm³/mol. The Morgan fingerprint density at radius 2 is 2.11 bits per heavy atom. The Balaban J connectivity index is 1.76. The number of hydrogen-bond donors (Lipinski definition) is 2. The van der Waals surface area contributed by atoms with Crippen LogP contribution in [0.1, 0.15) is 25.0 Å². The van der Waals surface area contributed by atoms with Crippen molar-refractivity contribution in [2.75, 3.05) is 5.06 Å². The molecule has 2 aromatic rings. The van der Waals surface area contributed by atoms with E-state index in [0.717, 1.165) is 5.56 Å². The van der Waals surface area contributed by atoms with Crippen molar-refractivity contribution in [2.45, 2.75) is 26.1 Å². The van der Waals surface area contributed by atoms with Crippen molar-refractivity contribution < 1.29 is 14.3 Å². The van der Waals surface area contributed by atoms with E-state index in [4.69, 9.17) is 10.5 Å². The van der Waals surface area contributed by atoms with Crippen LogP contribution in [0.3, 0.4) is 0 Å². The van der Waals surface area contributed by atoms with E-state index in [9.17, 15) is 14.9 Å². The minimum absolute atomic E-state index is 0.189. The van der Waals surface area contributed by atoms with Gasteiger partial charge in [0.05, 0.1) is 11.0 Å². The second-order valence-corrected chi connectivity index (χ2v) is 6.47. The lowest BCUT2D eigenvalue weighted by Gasteiger charge is -2.30. The van der Waals surface area contributed by atoms with Gasteiger partial charge in [-0.2, -0.15) is 5.10 Å². The van der Waals surface area contributed by atoms with Crippen LogP contribution in [0.2, 0.25) is 0 Å². The number of nitrogens with one attached hydrogen (secondary N) is 1. The summed E-state index contributed by atoms with van der Waals surface area (Å²) in [7, 11) is 0. The number of ether oxygens (including phenoxy) is 1. The molecule has 27 heavy (non-hydrogen) atoms. The second-order valence-electron chi connectivity index (χ2n) is 6.47. The summed E-state index contributed by atoms with van der Waals surface area (Å²) in [5, 5.41) is 16.8. The first-order valence-electron chi connectivity index (χ1n) is 8.18. The second kappa shape index (κ2) is 7.04. The Hall–Kier alpha value is -3.46. The van der Waals surface area contributed by atoms with Crippen molar-refractivity contribution >= 4 is 23.6 Å². The van der Waals surface area contributed by atoms with Gasteiger partial charge in [-0.05, 0) is 29.8 Å². The molecule has 1 aliphatic rings. The van der Waals surface area contributed by atoms with Crippen molar-refractivity contribution in [1.29, 1.82) is 0 Å². The zero-order valence-electron chi connectivity index (χ0n) is 14.9. The van der Waals surface area contributed by atoms with Gasteiger partial charge in [0.25, 0.3) is 11.4 Å². The third kappa shape index (κ3) is 3.58. The van der Waals surface area contributed by atoms with Crippen LogP contribution in [0, 0.1) is 10.1 Å². The van der Waals surface area contributed by atoms with Gasteiger partial charge in [0.1, 0.15) is 18.0 Å². The van der Waals surface area contributed by atoms with Crippen molar-refractivity contribution in [2.24, 2.45) is 10.8 Å². The fraction of sp³-hybridized carbons (Fsp3) is 0.222. The minimum Gasteiger partial charge on any atom is -0.753 e. The maximum Gasteiger partial charge on any atom is 0.332 e. The summed E-state index contributed by atoms with van der Waals surface area (Å²) in [4.78, 5) is 22.9. The van der Waals surface area contributed by atoms with E-state index in [1.165, 1.54) is 6.21 Å². The van der Waals surface area contributed by atoms with Crippen LogP contribution >= 0.6 is 0 Å². The number of fused-ring (bicyclic) bond motifs is 1. The van der Waals surface area contributed by atoms with Crippen LogP contribution in [0.4, 0.5) is 16.2 Å². The van der Waals surface area contributed by atoms with E-state index in [1.54, 1.807) is 56.3 Å². The summed E-state index contributed by atoms with van der Waals surface area (Å²) >= 11 is 0. The summed E-state index contributed by atoms with van der Waals surface area (Å²) in [6.45, 7) is 3.33. The molecule has 0 bridgehead atoms. The molecule has 2 aromatic carbocycles. The molecule has 3 N–H and O–H groups in total. The topological polar surface area (TPSA) is 123 Å². The van der Waals surface area contributed by atoms with Crippen LogP contribution < -0.4 is 21.0 Å². The number of nitrogens with two attached hydrogens (primary N) is 1. The highest BCUT2D eigenvalue weighted by Gasteiger charge is 2.48. The zero-order chi connectivity index (χ0) is 19.6. The first-order chi connectivity index (χ1) is 12.8. The Labute approximate surface area is 155 Å². The SMILES string of the molecule is CC1(C)N([O-])c2cc(COc3ccccc3/C=N\NC(N)=O)ccc2[N+]1=O. The molecule has 0 aromatic heterocycles. The molecular formula is C18H19N5O4. The van der Waals surface area contributed by atoms with Crippen LogP contribution in [0.25, 0.3) is 0 Å². The van der Waals surface area contributed by atoms with Gasteiger partial charge >= 0.3 is 6.03 Å². The van der Waals surface area contributed by atoms with Crippen LogP contribution in [-0.2, 0) is 6.61 Å². The van der Waals surface area contributed by atoms with Crippen LogP contribution in [-0.4, -0.2) is 22.7 Å². The van der Waals surface area contributed by atoms with Crippen molar-refractivity contribution in [3.8, 4) is 5.75 Å². The average Bonchev–Trinajstić information content (AvgIpc) is 2.81. The molecule has 0 unspecified atom stereocenters. The standard InChI is InChI=1S/C18H19N5O4/c1-18(2)22(25)14-8-7-12(9-15(14)23(18)26)11-27-16-6-4-3-5-13(16)10-20-21-17(19)24/h3-10H,11H2,1-2H3,(H3,19,21,24)/b20-10-. The van der Waals surface area contributed by atoms with E-state index in [0.29, 0.717) is 32.5 Å². The van der Waals surface area contributed by atoms with E-state index < -0.39 is 11.7 Å². The number of para-hydroxylation sites is 1. The molecule has 3 rings (SSSR count). The maximum absolute atomic E-state index is 12.4. The first kappa shape index (κ1) is 18.3. The lowest BCUT2D eigenvalue weighted by Crippen LogP contribution is -2.41. The number of amides is 2. The molecule has 2 amide bonds. The number of anilines is 1. The molecule has 0 saturated carbocycles. The largest absolute Gasteiger partial charge is 0.753 e. The molecule has 1 heterocycles. The number of carbonyl (C=O) groups is 1. The van der Waals surface area contributed by atoms with E-state index in [1.807, 2.05) is 0 Å². The van der Waals surface area contributed by atoms with Gasteiger partial charge < -0.3 is 20.7 Å². The van der Waals surface area contributed by atoms with E-state index in [-0.39, 0.29) is 6.61 Å². The maximum atomic E-state index is 12.4. The number of nitroso groups, excluding NO2 is 1. The third-order valence-corrected chi connectivity index (χ3v) is 4.16. The van der Waals surface area contributed by atoms with Gasteiger partial charge in [-0.25, -0.2) is 10.2 Å². The Morgan fingerprint density at radius 3 is 2.85 bits per heavy atom. The predicted octanol–water partition coefficient (Wildman–Crippen LogP) is 2.73. The molecule has 0 fully saturated rings. The van der Waals surface area contributed by atoms with Crippen molar-refractivity contribution in [3.05, 3.63) is 63.7 Å². The minimum atomic E-state index is -1.18. The number of carbonyl (C=O) groups excluding carboxylic acids is 1.